The zero-order valence-electron chi connectivity index (χ0n) is 8.07. The molecule has 2 N–H and O–H groups in total. The molecule has 2 bridgehead atoms. The van der Waals surface area contributed by atoms with Gasteiger partial charge >= 0.3 is 0 Å². The molecule has 2 aliphatic carbocycles. The third-order valence-corrected chi connectivity index (χ3v) is 3.37. The van der Waals surface area contributed by atoms with E-state index in [0.717, 1.165) is 17.6 Å². The lowest BCUT2D eigenvalue weighted by molar-refractivity contribution is 0.0877. The van der Waals surface area contributed by atoms with E-state index < -0.39 is 0 Å². The van der Waals surface area contributed by atoms with Crippen LogP contribution in [0.15, 0.2) is 23.3 Å². The van der Waals surface area contributed by atoms with E-state index in [2.05, 4.69) is 0 Å². The van der Waals surface area contributed by atoms with Gasteiger partial charge in [-0.1, -0.05) is 23.3 Å². The minimum atomic E-state index is -0.347. The highest BCUT2D eigenvalue weighted by atomic mass is 16.3. The first kappa shape index (κ1) is 8.97. The molecule has 0 saturated heterocycles. The maximum atomic E-state index is 9.75. The van der Waals surface area contributed by atoms with Crippen molar-refractivity contribution >= 4 is 0 Å². The van der Waals surface area contributed by atoms with Crippen molar-refractivity contribution in [2.24, 2.45) is 11.8 Å². The highest BCUT2D eigenvalue weighted by Crippen LogP contribution is 2.39. The number of aliphatic hydroxyl groups excluding tert-OH is 2. The summed E-state index contributed by atoms with van der Waals surface area (Å²) in [5.74, 6) is 0.467. The fourth-order valence-corrected chi connectivity index (χ4v) is 2.48. The molecule has 2 nitrogen and oxygen atoms in total. The van der Waals surface area contributed by atoms with Gasteiger partial charge in [0, 0.05) is 11.8 Å². The van der Waals surface area contributed by atoms with Crippen LogP contribution in [0.25, 0.3) is 0 Å². The molecule has 4 atom stereocenters. The number of rotatable bonds is 0. The van der Waals surface area contributed by atoms with Crippen molar-refractivity contribution in [3.63, 3.8) is 0 Å². The Hall–Kier alpha value is -0.600. The molecule has 0 unspecified atom stereocenters. The molecule has 2 rings (SSSR count). The first-order chi connectivity index (χ1) is 6.09. The average Bonchev–Trinajstić information content (AvgIpc) is 2.02. The van der Waals surface area contributed by atoms with Gasteiger partial charge in [-0.2, -0.15) is 0 Å². The fourth-order valence-electron chi connectivity index (χ4n) is 2.48. The van der Waals surface area contributed by atoms with Crippen LogP contribution in [0.3, 0.4) is 0 Å². The second-order valence-electron chi connectivity index (χ2n) is 4.25. The van der Waals surface area contributed by atoms with E-state index in [0.29, 0.717) is 0 Å². The van der Waals surface area contributed by atoms with Crippen molar-refractivity contribution in [2.75, 3.05) is 0 Å². The Morgan fingerprint density at radius 1 is 1.00 bits per heavy atom. The Morgan fingerprint density at radius 3 is 1.77 bits per heavy atom. The van der Waals surface area contributed by atoms with Gasteiger partial charge in [0.05, 0.1) is 12.2 Å². The van der Waals surface area contributed by atoms with Gasteiger partial charge < -0.3 is 10.2 Å². The average molecular weight is 180 g/mol. The fraction of sp³-hybridized carbons (Fsp3) is 0.636. The molecule has 0 heterocycles. The third-order valence-electron chi connectivity index (χ3n) is 3.37. The molecule has 2 heteroatoms. The molecular formula is C11H16O2. The van der Waals surface area contributed by atoms with E-state index in [9.17, 15) is 10.2 Å². The number of hydrogen-bond donors (Lipinski definition) is 2. The molecule has 13 heavy (non-hydrogen) atoms. The van der Waals surface area contributed by atoms with E-state index in [-0.39, 0.29) is 24.0 Å². The van der Waals surface area contributed by atoms with Gasteiger partial charge in [-0.25, -0.2) is 0 Å². The molecular weight excluding hydrogens is 164 g/mol. The quantitative estimate of drug-likeness (QED) is 0.551. The summed E-state index contributed by atoms with van der Waals surface area (Å²) < 4.78 is 0. The Bertz CT molecular complexity index is 250. The second-order valence-corrected chi connectivity index (χ2v) is 4.25. The molecule has 0 aliphatic heterocycles. The lowest BCUT2D eigenvalue weighted by Crippen LogP contribution is -2.37. The molecule has 0 fully saturated rings. The molecule has 0 aromatic carbocycles. The third kappa shape index (κ3) is 1.34. The van der Waals surface area contributed by atoms with Crippen LogP contribution in [0, 0.1) is 11.8 Å². The van der Waals surface area contributed by atoms with Crippen molar-refractivity contribution in [1.82, 2.24) is 0 Å². The Morgan fingerprint density at radius 2 is 1.38 bits per heavy atom. The lowest BCUT2D eigenvalue weighted by atomic mass is 9.70. The monoisotopic (exact) mass is 180 g/mol. The SMILES string of the molecule is CC1=C[C@H](O)[C@H]2C[C@@H]1[C@@H](O)C=C2C. The number of fused-ring (bicyclic) bond motifs is 2. The van der Waals surface area contributed by atoms with Crippen LogP contribution in [-0.4, -0.2) is 22.4 Å². The highest BCUT2D eigenvalue weighted by molar-refractivity contribution is 5.27. The van der Waals surface area contributed by atoms with E-state index in [4.69, 9.17) is 0 Å². The summed E-state index contributed by atoms with van der Waals surface area (Å²) >= 11 is 0. The molecule has 0 radical (unpaired) electrons. The Balaban J connectivity index is 2.36. The summed E-state index contributed by atoms with van der Waals surface area (Å²) in [5, 5.41) is 19.5. The van der Waals surface area contributed by atoms with Crippen LogP contribution >= 0.6 is 0 Å². The van der Waals surface area contributed by atoms with Crippen molar-refractivity contribution < 1.29 is 10.2 Å². The van der Waals surface area contributed by atoms with Crippen LogP contribution < -0.4 is 0 Å². The van der Waals surface area contributed by atoms with Crippen LogP contribution in [0.1, 0.15) is 20.3 Å². The smallest absolute Gasteiger partial charge is 0.0788 e. The maximum Gasteiger partial charge on any atom is 0.0788 e. The first-order valence-corrected chi connectivity index (χ1v) is 4.82. The lowest BCUT2D eigenvalue weighted by Gasteiger charge is -2.38. The van der Waals surface area contributed by atoms with Crippen molar-refractivity contribution in [3.05, 3.63) is 23.3 Å². The molecule has 0 aromatic rings. The first-order valence-electron chi connectivity index (χ1n) is 4.82. The predicted octanol–water partition coefficient (Wildman–Crippen LogP) is 1.25. The Kier molecular flexibility index (Phi) is 2.05. The molecule has 72 valence electrons. The predicted molar refractivity (Wildman–Crippen MR) is 51.1 cm³/mol. The molecule has 0 aromatic heterocycles. The zero-order chi connectivity index (χ0) is 9.59. The summed E-state index contributed by atoms with van der Waals surface area (Å²) in [6.07, 6.45) is 3.98. The van der Waals surface area contributed by atoms with Crippen molar-refractivity contribution in [1.29, 1.82) is 0 Å². The Labute approximate surface area is 78.6 Å². The number of aliphatic hydroxyl groups is 2. The molecule has 2 aliphatic rings. The van der Waals surface area contributed by atoms with E-state index >= 15 is 0 Å². The van der Waals surface area contributed by atoms with Crippen LogP contribution in [0.4, 0.5) is 0 Å². The second kappa shape index (κ2) is 2.96. The van der Waals surface area contributed by atoms with Crippen molar-refractivity contribution in [3.8, 4) is 0 Å². The van der Waals surface area contributed by atoms with Crippen LogP contribution in [0.2, 0.25) is 0 Å². The largest absolute Gasteiger partial charge is 0.388 e. The molecule has 0 spiro atoms. The van der Waals surface area contributed by atoms with Crippen LogP contribution in [-0.2, 0) is 0 Å². The van der Waals surface area contributed by atoms with Gasteiger partial charge in [0.15, 0.2) is 0 Å². The zero-order valence-corrected chi connectivity index (χ0v) is 8.07. The summed E-state index contributed by atoms with van der Waals surface area (Å²) in [7, 11) is 0. The van der Waals surface area contributed by atoms with Gasteiger partial charge in [-0.05, 0) is 20.3 Å². The highest BCUT2D eigenvalue weighted by Gasteiger charge is 2.36. The summed E-state index contributed by atoms with van der Waals surface area (Å²) in [6, 6.07) is 0. The standard InChI is InChI=1S/C11H16O2/c1-6-3-10(12)9-5-8(6)11(13)4-7(9)2/h3-4,8-13H,5H2,1-2H3/t8-,9-,10-,11-/m0/s1. The van der Waals surface area contributed by atoms with Gasteiger partial charge in [0.2, 0.25) is 0 Å². The van der Waals surface area contributed by atoms with Crippen molar-refractivity contribution in [2.45, 2.75) is 32.5 Å². The van der Waals surface area contributed by atoms with Gasteiger partial charge in [0.1, 0.15) is 0 Å². The minimum Gasteiger partial charge on any atom is -0.388 e. The molecule has 0 amide bonds. The number of hydrogen-bond acceptors (Lipinski definition) is 2. The van der Waals surface area contributed by atoms with E-state index in [1.165, 1.54) is 0 Å². The summed E-state index contributed by atoms with van der Waals surface area (Å²) in [6.45, 7) is 3.98. The van der Waals surface area contributed by atoms with E-state index in [1.807, 2.05) is 26.0 Å². The molecule has 0 saturated carbocycles. The van der Waals surface area contributed by atoms with Gasteiger partial charge in [-0.3, -0.25) is 0 Å². The summed E-state index contributed by atoms with van der Waals surface area (Å²) in [4.78, 5) is 0. The van der Waals surface area contributed by atoms with E-state index in [1.54, 1.807) is 0 Å². The van der Waals surface area contributed by atoms with Gasteiger partial charge in [-0.15, -0.1) is 0 Å². The summed E-state index contributed by atoms with van der Waals surface area (Å²) in [5.41, 5.74) is 2.25. The minimum absolute atomic E-state index is 0.233. The van der Waals surface area contributed by atoms with Gasteiger partial charge in [0.25, 0.3) is 0 Å². The van der Waals surface area contributed by atoms with Crippen LogP contribution in [0.5, 0.6) is 0 Å². The topological polar surface area (TPSA) is 40.5 Å². The normalized spacial score (nSPS) is 44.0. The maximum absolute atomic E-state index is 9.75.